The molecular weight excluding hydrogens is 382 g/mol. The van der Waals surface area contributed by atoms with E-state index in [-0.39, 0.29) is 10.6 Å². The van der Waals surface area contributed by atoms with Crippen LogP contribution in [0.15, 0.2) is 46.9 Å². The summed E-state index contributed by atoms with van der Waals surface area (Å²) in [4.78, 5) is 0.0319. The van der Waals surface area contributed by atoms with Gasteiger partial charge in [0.25, 0.3) is 0 Å². The molecule has 0 saturated carbocycles. The number of alkyl halides is 1. The van der Waals surface area contributed by atoms with Gasteiger partial charge in [-0.25, -0.2) is 4.39 Å². The zero-order valence-electron chi connectivity index (χ0n) is 9.34. The van der Waals surface area contributed by atoms with Gasteiger partial charge in [-0.15, -0.1) is 0 Å². The number of benzene rings is 2. The minimum Gasteiger partial charge on any atom is -0.207 e. The highest BCUT2D eigenvalue weighted by Crippen LogP contribution is 2.32. The number of rotatable bonds is 3. The Bertz CT molecular complexity index is 537. The molecular formula is C14H10Br2ClF. The SMILES string of the molecule is Fc1cccc(Cl)c1CC(Br)c1cccc(Br)c1. The molecule has 4 heteroatoms. The first-order valence-corrected chi connectivity index (χ1v) is 7.49. The maximum Gasteiger partial charge on any atom is 0.127 e. The van der Waals surface area contributed by atoms with E-state index in [9.17, 15) is 4.39 Å². The molecule has 1 atom stereocenters. The van der Waals surface area contributed by atoms with Crippen LogP contribution >= 0.6 is 43.5 Å². The smallest absolute Gasteiger partial charge is 0.127 e. The van der Waals surface area contributed by atoms with Crippen molar-refractivity contribution in [2.75, 3.05) is 0 Å². The summed E-state index contributed by atoms with van der Waals surface area (Å²) in [6.07, 6.45) is 0.516. The first kappa shape index (κ1) is 14.0. The van der Waals surface area contributed by atoms with Crippen LogP contribution in [0.2, 0.25) is 5.02 Å². The van der Waals surface area contributed by atoms with Crippen molar-refractivity contribution in [3.05, 3.63) is 68.9 Å². The number of hydrogen-bond donors (Lipinski definition) is 0. The van der Waals surface area contributed by atoms with Crippen LogP contribution in [0, 0.1) is 5.82 Å². The van der Waals surface area contributed by atoms with E-state index in [2.05, 4.69) is 31.9 Å². The summed E-state index contributed by atoms with van der Waals surface area (Å²) in [5.74, 6) is -0.262. The van der Waals surface area contributed by atoms with Gasteiger partial charge in [0.2, 0.25) is 0 Å². The molecule has 0 amide bonds. The zero-order valence-corrected chi connectivity index (χ0v) is 13.3. The molecule has 0 radical (unpaired) electrons. The molecule has 0 N–H and O–H groups in total. The van der Waals surface area contributed by atoms with Gasteiger partial charge in [0.15, 0.2) is 0 Å². The van der Waals surface area contributed by atoms with Crippen LogP contribution in [-0.2, 0) is 6.42 Å². The summed E-state index contributed by atoms with van der Waals surface area (Å²) in [5, 5.41) is 0.467. The van der Waals surface area contributed by atoms with Gasteiger partial charge in [-0.05, 0) is 36.2 Å². The Kier molecular flexibility index (Phi) is 4.82. The van der Waals surface area contributed by atoms with E-state index in [4.69, 9.17) is 11.6 Å². The van der Waals surface area contributed by atoms with Gasteiger partial charge in [0.05, 0.1) is 0 Å². The van der Waals surface area contributed by atoms with Crippen molar-refractivity contribution in [3.8, 4) is 0 Å². The molecule has 0 aliphatic rings. The van der Waals surface area contributed by atoms with E-state index >= 15 is 0 Å². The second-order valence-corrected chi connectivity index (χ2v) is 6.36. The molecule has 0 spiro atoms. The van der Waals surface area contributed by atoms with Gasteiger partial charge in [0.1, 0.15) is 5.82 Å². The van der Waals surface area contributed by atoms with Crippen molar-refractivity contribution in [2.45, 2.75) is 11.2 Å². The third kappa shape index (κ3) is 3.34. The molecule has 18 heavy (non-hydrogen) atoms. The zero-order chi connectivity index (χ0) is 13.1. The fourth-order valence-corrected chi connectivity index (χ4v) is 2.99. The highest BCUT2D eigenvalue weighted by molar-refractivity contribution is 9.10. The molecule has 1 unspecified atom stereocenters. The molecule has 0 fully saturated rings. The van der Waals surface area contributed by atoms with Crippen molar-refractivity contribution >= 4 is 43.5 Å². The van der Waals surface area contributed by atoms with Crippen LogP contribution in [0.5, 0.6) is 0 Å². The Balaban J connectivity index is 2.24. The van der Waals surface area contributed by atoms with Gasteiger partial charge in [-0.3, -0.25) is 0 Å². The summed E-state index contributed by atoms with van der Waals surface area (Å²) in [6, 6.07) is 12.7. The average Bonchev–Trinajstić information content (AvgIpc) is 2.34. The molecule has 2 rings (SSSR count). The quantitative estimate of drug-likeness (QED) is 0.569. The van der Waals surface area contributed by atoms with E-state index in [0.29, 0.717) is 17.0 Å². The van der Waals surface area contributed by atoms with Crippen molar-refractivity contribution in [2.24, 2.45) is 0 Å². The van der Waals surface area contributed by atoms with Gasteiger partial charge in [-0.1, -0.05) is 61.7 Å². The van der Waals surface area contributed by atoms with Gasteiger partial charge >= 0.3 is 0 Å². The molecule has 94 valence electrons. The van der Waals surface area contributed by atoms with Crippen LogP contribution in [-0.4, -0.2) is 0 Å². The molecule has 0 aromatic heterocycles. The fraction of sp³-hybridized carbons (Fsp3) is 0.143. The van der Waals surface area contributed by atoms with E-state index in [1.165, 1.54) is 6.07 Å². The van der Waals surface area contributed by atoms with E-state index in [1.807, 2.05) is 24.3 Å². The number of halogens is 4. The van der Waals surface area contributed by atoms with Crippen molar-refractivity contribution in [3.63, 3.8) is 0 Å². The standard InChI is InChI=1S/C14H10Br2ClF/c15-10-4-1-3-9(7-10)12(16)8-11-13(17)5-2-6-14(11)18/h1-7,12H,8H2. The highest BCUT2D eigenvalue weighted by Gasteiger charge is 2.14. The second kappa shape index (κ2) is 6.18. The van der Waals surface area contributed by atoms with Crippen LogP contribution in [0.25, 0.3) is 0 Å². The summed E-state index contributed by atoms with van der Waals surface area (Å²) < 4.78 is 14.7. The molecule has 2 aromatic carbocycles. The Hall–Kier alpha value is -0.380. The molecule has 2 aromatic rings. The first-order chi connectivity index (χ1) is 8.58. The molecule has 0 aliphatic heterocycles. The Labute approximate surface area is 127 Å². The van der Waals surface area contributed by atoms with Crippen LogP contribution in [0.4, 0.5) is 4.39 Å². The maximum absolute atomic E-state index is 13.7. The Morgan fingerprint density at radius 3 is 2.56 bits per heavy atom. The lowest BCUT2D eigenvalue weighted by Gasteiger charge is -2.12. The third-order valence-electron chi connectivity index (χ3n) is 2.66. The fourth-order valence-electron chi connectivity index (χ4n) is 1.73. The summed E-state index contributed by atoms with van der Waals surface area (Å²) in [6.45, 7) is 0. The van der Waals surface area contributed by atoms with E-state index in [1.54, 1.807) is 12.1 Å². The van der Waals surface area contributed by atoms with Crippen LogP contribution in [0.3, 0.4) is 0 Å². The molecule has 0 nitrogen and oxygen atoms in total. The second-order valence-electron chi connectivity index (χ2n) is 3.93. The van der Waals surface area contributed by atoms with E-state index < -0.39 is 0 Å². The summed E-state index contributed by atoms with van der Waals surface area (Å²) in [7, 11) is 0. The first-order valence-electron chi connectivity index (χ1n) is 5.40. The van der Waals surface area contributed by atoms with E-state index in [0.717, 1.165) is 10.0 Å². The van der Waals surface area contributed by atoms with Crippen molar-refractivity contribution < 1.29 is 4.39 Å². The average molecular weight is 392 g/mol. The monoisotopic (exact) mass is 390 g/mol. The van der Waals surface area contributed by atoms with Gasteiger partial charge in [0, 0.05) is 19.9 Å². The predicted molar refractivity (Wildman–Crippen MR) is 80.9 cm³/mol. The van der Waals surface area contributed by atoms with Crippen LogP contribution in [0.1, 0.15) is 16.0 Å². The third-order valence-corrected chi connectivity index (χ3v) is 4.36. The minimum atomic E-state index is -0.262. The highest BCUT2D eigenvalue weighted by atomic mass is 79.9. The lowest BCUT2D eigenvalue weighted by Crippen LogP contribution is -1.99. The molecule has 0 heterocycles. The predicted octanol–water partition coefficient (Wildman–Crippen LogP) is 5.92. The molecule has 0 bridgehead atoms. The number of hydrogen-bond acceptors (Lipinski definition) is 0. The lowest BCUT2D eigenvalue weighted by molar-refractivity contribution is 0.608. The minimum absolute atomic E-state index is 0.0319. The maximum atomic E-state index is 13.7. The van der Waals surface area contributed by atoms with Crippen molar-refractivity contribution in [1.29, 1.82) is 0 Å². The topological polar surface area (TPSA) is 0 Å². The van der Waals surface area contributed by atoms with Crippen LogP contribution < -0.4 is 0 Å². The Morgan fingerprint density at radius 2 is 1.89 bits per heavy atom. The Morgan fingerprint density at radius 1 is 1.17 bits per heavy atom. The molecule has 0 aliphatic carbocycles. The van der Waals surface area contributed by atoms with Gasteiger partial charge in [-0.2, -0.15) is 0 Å². The lowest BCUT2D eigenvalue weighted by atomic mass is 10.0. The van der Waals surface area contributed by atoms with Gasteiger partial charge < -0.3 is 0 Å². The summed E-state index contributed by atoms with van der Waals surface area (Å²) >= 11 is 13.0. The largest absolute Gasteiger partial charge is 0.207 e. The molecule has 0 saturated heterocycles. The summed E-state index contributed by atoms with van der Waals surface area (Å²) in [5.41, 5.74) is 1.63. The normalized spacial score (nSPS) is 12.4. The van der Waals surface area contributed by atoms with Crippen molar-refractivity contribution in [1.82, 2.24) is 0 Å².